The zero-order valence-electron chi connectivity index (χ0n) is 15.5. The van der Waals surface area contributed by atoms with E-state index in [1.54, 1.807) is 0 Å². The van der Waals surface area contributed by atoms with Crippen LogP contribution in [0.1, 0.15) is 25.7 Å². The van der Waals surface area contributed by atoms with E-state index in [1.165, 1.54) is 0 Å². The van der Waals surface area contributed by atoms with Crippen molar-refractivity contribution in [1.29, 1.82) is 0 Å². The second-order valence-corrected chi connectivity index (χ2v) is 5.97. The van der Waals surface area contributed by atoms with Crippen LogP contribution in [0.25, 0.3) is 0 Å². The fourth-order valence-electron chi connectivity index (χ4n) is 2.00. The first kappa shape index (κ1) is 26.2. The van der Waals surface area contributed by atoms with Gasteiger partial charge in [-0.1, -0.05) is 0 Å². The minimum atomic E-state index is -1.69. The molecule has 0 aromatic carbocycles. The quantitative estimate of drug-likeness (QED) is 0.131. The Labute approximate surface area is 168 Å². The summed E-state index contributed by atoms with van der Waals surface area (Å²) < 4.78 is 0. The van der Waals surface area contributed by atoms with Crippen molar-refractivity contribution in [3.05, 3.63) is 0 Å². The van der Waals surface area contributed by atoms with Crippen molar-refractivity contribution < 1.29 is 54.0 Å². The van der Waals surface area contributed by atoms with E-state index in [4.69, 9.17) is 26.2 Å². The molecule has 15 nitrogen and oxygen atoms in total. The number of amides is 3. The number of hydrogen-bond donors (Lipinski definition) is 8. The van der Waals surface area contributed by atoms with E-state index in [0.29, 0.717) is 0 Å². The molecule has 9 N–H and O–H groups in total. The van der Waals surface area contributed by atoms with Crippen molar-refractivity contribution in [1.82, 2.24) is 16.0 Å². The summed E-state index contributed by atoms with van der Waals surface area (Å²) in [5, 5.41) is 40.9. The highest BCUT2D eigenvalue weighted by Crippen LogP contribution is 1.99. The number of carbonyl (C=O) groups excluding carboxylic acids is 3. The van der Waals surface area contributed by atoms with Gasteiger partial charge in [0.05, 0.1) is 25.4 Å². The minimum absolute atomic E-state index is 0.413. The fourth-order valence-corrected chi connectivity index (χ4v) is 2.00. The van der Waals surface area contributed by atoms with Crippen molar-refractivity contribution in [3.8, 4) is 0 Å². The van der Waals surface area contributed by atoms with Gasteiger partial charge in [-0.2, -0.15) is 0 Å². The molecule has 3 unspecified atom stereocenters. The number of rotatable bonds is 14. The predicted molar refractivity (Wildman–Crippen MR) is 93.9 cm³/mol. The van der Waals surface area contributed by atoms with Crippen LogP contribution in [0.5, 0.6) is 0 Å². The lowest BCUT2D eigenvalue weighted by Crippen LogP contribution is -2.54. The maximum atomic E-state index is 12.1. The van der Waals surface area contributed by atoms with E-state index in [2.05, 4.69) is 0 Å². The molecule has 0 saturated carbocycles. The number of carbonyl (C=O) groups is 7. The molecule has 0 saturated heterocycles. The molecule has 15 heteroatoms. The van der Waals surface area contributed by atoms with E-state index < -0.39 is 92.0 Å². The first-order chi connectivity index (χ1) is 13.8. The number of aliphatic carboxylic acids is 4. The molecule has 3 atom stereocenters. The van der Waals surface area contributed by atoms with Crippen molar-refractivity contribution in [2.45, 2.75) is 43.8 Å². The molecule has 0 aliphatic carbocycles. The molecule has 0 fully saturated rings. The van der Waals surface area contributed by atoms with Gasteiger partial charge in [0, 0.05) is 6.42 Å². The summed E-state index contributed by atoms with van der Waals surface area (Å²) in [6.07, 6.45) is -2.63. The molecule has 0 aliphatic heterocycles. The van der Waals surface area contributed by atoms with Crippen LogP contribution in [-0.2, 0) is 33.6 Å². The number of carboxylic acids is 4. The van der Waals surface area contributed by atoms with Crippen LogP contribution < -0.4 is 21.7 Å². The average Bonchev–Trinajstić information content (AvgIpc) is 2.60. The minimum Gasteiger partial charge on any atom is -0.481 e. The summed E-state index contributed by atoms with van der Waals surface area (Å²) in [6, 6.07) is -4.78. The molecule has 0 spiro atoms. The van der Waals surface area contributed by atoms with Crippen molar-refractivity contribution in [2.24, 2.45) is 5.73 Å². The highest BCUT2D eigenvalue weighted by molar-refractivity contribution is 5.95. The van der Waals surface area contributed by atoms with Gasteiger partial charge < -0.3 is 42.1 Å². The molecule has 0 aliphatic rings. The van der Waals surface area contributed by atoms with Gasteiger partial charge in [-0.3, -0.25) is 28.8 Å². The molecule has 0 rings (SSSR count). The Morgan fingerprint density at radius 2 is 1.30 bits per heavy atom. The molecule has 0 heterocycles. The largest absolute Gasteiger partial charge is 0.481 e. The van der Waals surface area contributed by atoms with Crippen LogP contribution in [0.2, 0.25) is 0 Å². The molecule has 168 valence electrons. The summed E-state index contributed by atoms with van der Waals surface area (Å²) in [4.78, 5) is 78.6. The Bertz CT molecular complexity index is 709. The highest BCUT2D eigenvalue weighted by atomic mass is 16.4. The molecule has 0 radical (unpaired) electrons. The maximum Gasteiger partial charge on any atom is 0.326 e. The molecule has 0 aromatic rings. The summed E-state index contributed by atoms with van der Waals surface area (Å²) in [5.41, 5.74) is 5.32. The van der Waals surface area contributed by atoms with Gasteiger partial charge >= 0.3 is 23.9 Å². The Morgan fingerprint density at radius 3 is 1.77 bits per heavy atom. The van der Waals surface area contributed by atoms with E-state index in [-0.39, 0.29) is 0 Å². The van der Waals surface area contributed by atoms with Gasteiger partial charge in [-0.25, -0.2) is 4.79 Å². The molecule has 0 aromatic heterocycles. The van der Waals surface area contributed by atoms with Gasteiger partial charge in [-0.15, -0.1) is 0 Å². The first-order valence-corrected chi connectivity index (χ1v) is 8.34. The lowest BCUT2D eigenvalue weighted by Gasteiger charge is -2.19. The van der Waals surface area contributed by atoms with Crippen LogP contribution in [-0.4, -0.2) is 86.7 Å². The van der Waals surface area contributed by atoms with E-state index in [0.717, 1.165) is 0 Å². The topological polar surface area (TPSA) is 263 Å². The zero-order valence-corrected chi connectivity index (χ0v) is 15.5. The maximum absolute atomic E-state index is 12.1. The average molecular weight is 434 g/mol. The van der Waals surface area contributed by atoms with E-state index in [1.807, 2.05) is 16.0 Å². The van der Waals surface area contributed by atoms with Crippen molar-refractivity contribution in [2.75, 3.05) is 6.54 Å². The van der Waals surface area contributed by atoms with Crippen LogP contribution >= 0.6 is 0 Å². The van der Waals surface area contributed by atoms with Gasteiger partial charge in [0.15, 0.2) is 0 Å². The third-order valence-corrected chi connectivity index (χ3v) is 3.45. The Hall–Kier alpha value is -3.75. The second kappa shape index (κ2) is 12.7. The van der Waals surface area contributed by atoms with Crippen LogP contribution in [0.4, 0.5) is 0 Å². The van der Waals surface area contributed by atoms with Gasteiger partial charge in [0.2, 0.25) is 17.7 Å². The number of carboxylic acid groups (broad SMARTS) is 4. The van der Waals surface area contributed by atoms with Gasteiger partial charge in [0.25, 0.3) is 0 Å². The highest BCUT2D eigenvalue weighted by Gasteiger charge is 2.28. The molecule has 3 amide bonds. The summed E-state index contributed by atoms with van der Waals surface area (Å²) >= 11 is 0. The molecular formula is C15H22N4O11. The lowest BCUT2D eigenvalue weighted by molar-refractivity contribution is -0.143. The Kier molecular flexibility index (Phi) is 11.1. The summed E-state index contributed by atoms with van der Waals surface area (Å²) in [7, 11) is 0. The van der Waals surface area contributed by atoms with Crippen molar-refractivity contribution in [3.63, 3.8) is 0 Å². The SMILES string of the molecule is NC(CC(=O)O)C(=O)NC(CC(=O)O)C(=O)NCC(=O)NC(CCC(=O)O)C(=O)O. The number of nitrogens with two attached hydrogens (primary N) is 1. The first-order valence-electron chi connectivity index (χ1n) is 8.34. The van der Waals surface area contributed by atoms with Crippen LogP contribution in [0.15, 0.2) is 0 Å². The molecule has 30 heavy (non-hydrogen) atoms. The summed E-state index contributed by atoms with van der Waals surface area (Å²) in [5.74, 6) is -8.92. The lowest BCUT2D eigenvalue weighted by atomic mass is 10.1. The Balaban J connectivity index is 4.87. The smallest absolute Gasteiger partial charge is 0.326 e. The third-order valence-electron chi connectivity index (χ3n) is 3.45. The fraction of sp³-hybridized carbons (Fsp3) is 0.533. The van der Waals surface area contributed by atoms with Gasteiger partial charge in [0.1, 0.15) is 12.1 Å². The second-order valence-electron chi connectivity index (χ2n) is 5.97. The van der Waals surface area contributed by atoms with Gasteiger partial charge in [-0.05, 0) is 6.42 Å². The zero-order chi connectivity index (χ0) is 23.4. The predicted octanol–water partition coefficient (Wildman–Crippen LogP) is -3.70. The third kappa shape index (κ3) is 11.2. The van der Waals surface area contributed by atoms with E-state index >= 15 is 0 Å². The van der Waals surface area contributed by atoms with Crippen LogP contribution in [0, 0.1) is 0 Å². The van der Waals surface area contributed by atoms with Crippen LogP contribution in [0.3, 0.4) is 0 Å². The summed E-state index contributed by atoms with van der Waals surface area (Å²) in [6.45, 7) is -0.803. The molecular weight excluding hydrogens is 412 g/mol. The van der Waals surface area contributed by atoms with E-state index in [9.17, 15) is 33.6 Å². The monoisotopic (exact) mass is 434 g/mol. The standard InChI is InChI=1S/C15H22N4O11/c16-6(3-11(23)24)13(27)19-8(4-12(25)26)14(28)17-5-9(20)18-7(15(29)30)1-2-10(21)22/h6-8H,1-5,16H2,(H,17,28)(H,18,20)(H,19,27)(H,21,22)(H,23,24)(H,25,26)(H,29,30). The normalized spacial score (nSPS) is 13.2. The number of nitrogens with one attached hydrogen (secondary N) is 3. The Morgan fingerprint density at radius 1 is 0.733 bits per heavy atom. The number of hydrogen-bond acceptors (Lipinski definition) is 8. The molecule has 0 bridgehead atoms. The van der Waals surface area contributed by atoms with Crippen molar-refractivity contribution >= 4 is 41.6 Å².